The van der Waals surface area contributed by atoms with Gasteiger partial charge in [-0.1, -0.05) is 54.1 Å². The maximum absolute atomic E-state index is 12.2. The third kappa shape index (κ3) is 3.69. The van der Waals surface area contributed by atoms with Gasteiger partial charge in [0.2, 0.25) is 10.0 Å². The summed E-state index contributed by atoms with van der Waals surface area (Å²) in [4.78, 5) is 0. The lowest BCUT2D eigenvalue weighted by Crippen LogP contribution is -2.33. The van der Waals surface area contributed by atoms with Gasteiger partial charge in [0.1, 0.15) is 0 Å². The fourth-order valence-corrected chi connectivity index (χ4v) is 4.05. The van der Waals surface area contributed by atoms with E-state index in [0.29, 0.717) is 11.6 Å². The molecular formula is C17H18ClNO2S. The maximum Gasteiger partial charge on any atom is 0.215 e. The molecule has 3 nitrogen and oxygen atoms in total. The standard InChI is InChI=1S/C17H18ClNO2S/c18-16-8-4-7-15(11-16)17(9-10-17)13-19-22(20,21)12-14-5-2-1-3-6-14/h1-8,11,19H,9-10,12-13H2. The van der Waals surface area contributed by atoms with Gasteiger partial charge in [0, 0.05) is 17.0 Å². The summed E-state index contributed by atoms with van der Waals surface area (Å²) in [5.74, 6) is 0.0134. The first kappa shape index (κ1) is 15.5. The molecular weight excluding hydrogens is 318 g/mol. The molecule has 0 heterocycles. The highest BCUT2D eigenvalue weighted by atomic mass is 35.5. The van der Waals surface area contributed by atoms with Crippen molar-refractivity contribution in [2.45, 2.75) is 24.0 Å². The van der Waals surface area contributed by atoms with Gasteiger partial charge in [-0.25, -0.2) is 13.1 Å². The average molecular weight is 336 g/mol. The van der Waals surface area contributed by atoms with Crippen LogP contribution >= 0.6 is 11.6 Å². The van der Waals surface area contributed by atoms with Crippen LogP contribution in [0.15, 0.2) is 54.6 Å². The van der Waals surface area contributed by atoms with Gasteiger partial charge in [-0.15, -0.1) is 0 Å². The largest absolute Gasteiger partial charge is 0.215 e. The molecule has 0 atom stereocenters. The summed E-state index contributed by atoms with van der Waals surface area (Å²) < 4.78 is 27.2. The maximum atomic E-state index is 12.2. The molecule has 1 aliphatic carbocycles. The fourth-order valence-electron chi connectivity index (χ4n) is 2.63. The molecule has 0 aliphatic heterocycles. The molecule has 0 unspecified atom stereocenters. The molecule has 116 valence electrons. The Bertz CT molecular complexity index is 755. The molecule has 0 aromatic heterocycles. The zero-order chi connectivity index (χ0) is 15.6. The van der Waals surface area contributed by atoms with Crippen molar-refractivity contribution < 1.29 is 8.42 Å². The molecule has 0 bridgehead atoms. The summed E-state index contributed by atoms with van der Waals surface area (Å²) >= 11 is 6.04. The summed E-state index contributed by atoms with van der Waals surface area (Å²) in [5.41, 5.74) is 1.82. The number of hydrogen-bond acceptors (Lipinski definition) is 2. The normalized spacial score (nSPS) is 16.4. The van der Waals surface area contributed by atoms with Crippen molar-refractivity contribution in [3.8, 4) is 0 Å². The van der Waals surface area contributed by atoms with E-state index in [4.69, 9.17) is 11.6 Å². The molecule has 22 heavy (non-hydrogen) atoms. The Morgan fingerprint density at radius 2 is 1.77 bits per heavy atom. The molecule has 1 saturated carbocycles. The topological polar surface area (TPSA) is 46.2 Å². The van der Waals surface area contributed by atoms with Crippen molar-refractivity contribution in [3.63, 3.8) is 0 Å². The van der Waals surface area contributed by atoms with E-state index in [1.54, 1.807) is 0 Å². The Morgan fingerprint density at radius 1 is 1.05 bits per heavy atom. The Labute approximate surface area is 136 Å². The van der Waals surface area contributed by atoms with E-state index < -0.39 is 10.0 Å². The van der Waals surface area contributed by atoms with Crippen molar-refractivity contribution in [3.05, 3.63) is 70.7 Å². The molecule has 5 heteroatoms. The minimum Gasteiger partial charge on any atom is -0.214 e. The van der Waals surface area contributed by atoms with Crippen LogP contribution in [0.25, 0.3) is 0 Å². The molecule has 1 fully saturated rings. The summed E-state index contributed by atoms with van der Waals surface area (Å²) in [7, 11) is -3.33. The SMILES string of the molecule is O=S(=O)(Cc1ccccc1)NCC1(c2cccc(Cl)c2)CC1. The highest BCUT2D eigenvalue weighted by Gasteiger charge is 2.44. The first-order valence-electron chi connectivity index (χ1n) is 7.26. The van der Waals surface area contributed by atoms with E-state index in [-0.39, 0.29) is 11.2 Å². The van der Waals surface area contributed by atoms with Crippen LogP contribution in [0.3, 0.4) is 0 Å². The van der Waals surface area contributed by atoms with Gasteiger partial charge >= 0.3 is 0 Å². The minimum absolute atomic E-state index is 0.0134. The van der Waals surface area contributed by atoms with Gasteiger partial charge in [0.05, 0.1) is 5.75 Å². The van der Waals surface area contributed by atoms with E-state index in [1.807, 2.05) is 54.6 Å². The van der Waals surface area contributed by atoms with E-state index in [0.717, 1.165) is 24.0 Å². The van der Waals surface area contributed by atoms with Gasteiger partial charge in [-0.2, -0.15) is 0 Å². The molecule has 1 aliphatic rings. The first-order valence-corrected chi connectivity index (χ1v) is 9.30. The summed E-state index contributed by atoms with van der Waals surface area (Å²) in [6.45, 7) is 0.433. The summed E-state index contributed by atoms with van der Waals surface area (Å²) in [6.07, 6.45) is 1.97. The molecule has 0 spiro atoms. The Morgan fingerprint density at radius 3 is 2.41 bits per heavy atom. The van der Waals surface area contributed by atoms with Gasteiger partial charge in [-0.3, -0.25) is 0 Å². The van der Waals surface area contributed by atoms with Crippen LogP contribution in [0.1, 0.15) is 24.0 Å². The van der Waals surface area contributed by atoms with Crippen LogP contribution < -0.4 is 4.72 Å². The van der Waals surface area contributed by atoms with Gasteiger partial charge in [-0.05, 0) is 36.1 Å². The second-order valence-electron chi connectivity index (χ2n) is 5.86. The van der Waals surface area contributed by atoms with Crippen LogP contribution in [0.4, 0.5) is 0 Å². The predicted octanol–water partition coefficient (Wildman–Crippen LogP) is 3.49. The monoisotopic (exact) mass is 335 g/mol. The summed E-state index contributed by atoms with van der Waals surface area (Å²) in [6, 6.07) is 16.9. The minimum atomic E-state index is -3.33. The van der Waals surface area contributed by atoms with Crippen LogP contribution in [-0.4, -0.2) is 15.0 Å². The molecule has 2 aromatic carbocycles. The average Bonchev–Trinajstić information content (AvgIpc) is 3.27. The zero-order valence-electron chi connectivity index (χ0n) is 12.1. The van der Waals surface area contributed by atoms with Crippen molar-refractivity contribution in [2.24, 2.45) is 0 Å². The van der Waals surface area contributed by atoms with Crippen LogP contribution in [0, 0.1) is 0 Å². The Balaban J connectivity index is 1.67. The molecule has 1 N–H and O–H groups in total. The van der Waals surface area contributed by atoms with Gasteiger partial charge in [0.25, 0.3) is 0 Å². The number of hydrogen-bond donors (Lipinski definition) is 1. The summed E-state index contributed by atoms with van der Waals surface area (Å²) in [5, 5.41) is 0.691. The molecule has 0 amide bonds. The highest BCUT2D eigenvalue weighted by molar-refractivity contribution is 7.88. The molecule has 3 rings (SSSR count). The lowest BCUT2D eigenvalue weighted by molar-refractivity contribution is 0.566. The number of rotatable bonds is 6. The lowest BCUT2D eigenvalue weighted by atomic mass is 9.96. The Kier molecular flexibility index (Phi) is 4.26. The number of sulfonamides is 1. The van der Waals surface area contributed by atoms with Crippen molar-refractivity contribution in [2.75, 3.05) is 6.54 Å². The molecule has 2 aromatic rings. The van der Waals surface area contributed by atoms with Crippen molar-refractivity contribution in [1.29, 1.82) is 0 Å². The van der Waals surface area contributed by atoms with Crippen LogP contribution in [-0.2, 0) is 21.2 Å². The van der Waals surface area contributed by atoms with Crippen molar-refractivity contribution >= 4 is 21.6 Å². The lowest BCUT2D eigenvalue weighted by Gasteiger charge is -2.17. The smallest absolute Gasteiger partial charge is 0.214 e. The van der Waals surface area contributed by atoms with Crippen LogP contribution in [0.5, 0.6) is 0 Å². The number of halogens is 1. The first-order chi connectivity index (χ1) is 10.5. The van der Waals surface area contributed by atoms with E-state index in [1.165, 1.54) is 0 Å². The third-order valence-electron chi connectivity index (χ3n) is 4.12. The van der Waals surface area contributed by atoms with Crippen LogP contribution in [0.2, 0.25) is 5.02 Å². The highest BCUT2D eigenvalue weighted by Crippen LogP contribution is 2.48. The second kappa shape index (κ2) is 6.03. The quantitative estimate of drug-likeness (QED) is 0.878. The predicted molar refractivity (Wildman–Crippen MR) is 89.4 cm³/mol. The third-order valence-corrected chi connectivity index (χ3v) is 5.65. The van der Waals surface area contributed by atoms with E-state index >= 15 is 0 Å². The fraction of sp³-hybridized carbons (Fsp3) is 0.294. The molecule has 0 radical (unpaired) electrons. The second-order valence-corrected chi connectivity index (χ2v) is 8.10. The molecule has 0 saturated heterocycles. The van der Waals surface area contributed by atoms with Gasteiger partial charge in [0.15, 0.2) is 0 Å². The van der Waals surface area contributed by atoms with Crippen molar-refractivity contribution in [1.82, 2.24) is 4.72 Å². The zero-order valence-corrected chi connectivity index (χ0v) is 13.7. The Hall–Kier alpha value is -1.36. The van der Waals surface area contributed by atoms with Gasteiger partial charge < -0.3 is 0 Å². The number of nitrogens with one attached hydrogen (secondary N) is 1. The van der Waals surface area contributed by atoms with E-state index in [9.17, 15) is 8.42 Å². The number of benzene rings is 2. The van der Waals surface area contributed by atoms with E-state index in [2.05, 4.69) is 4.72 Å².